The van der Waals surface area contributed by atoms with Gasteiger partial charge in [0.1, 0.15) is 17.2 Å². The van der Waals surface area contributed by atoms with Gasteiger partial charge in [0.05, 0.1) is 29.4 Å². The summed E-state index contributed by atoms with van der Waals surface area (Å²) >= 11 is 0. The van der Waals surface area contributed by atoms with Gasteiger partial charge in [-0.05, 0) is 111 Å². The Kier molecular flexibility index (Phi) is 10.5. The van der Waals surface area contributed by atoms with E-state index < -0.39 is 34.5 Å². The molecule has 2 aromatic rings. The minimum absolute atomic E-state index is 0.00317. The van der Waals surface area contributed by atoms with E-state index in [1.165, 1.54) is 18.6 Å². The Labute approximate surface area is 277 Å². The first kappa shape index (κ1) is 36.3. The van der Waals surface area contributed by atoms with E-state index in [1.807, 2.05) is 34.6 Å². The Bertz CT molecular complexity index is 1670. The van der Waals surface area contributed by atoms with E-state index in [1.54, 1.807) is 13.0 Å². The molecule has 0 amide bonds. The molecule has 1 aliphatic carbocycles. The van der Waals surface area contributed by atoms with E-state index in [-0.39, 0.29) is 57.9 Å². The van der Waals surface area contributed by atoms with Crippen LogP contribution in [0.25, 0.3) is 10.8 Å². The average molecular weight is 651 g/mol. The van der Waals surface area contributed by atoms with Crippen molar-refractivity contribution < 1.29 is 44.6 Å². The number of hydrogen-bond acceptors (Lipinski definition) is 9. The van der Waals surface area contributed by atoms with E-state index in [4.69, 9.17) is 9.47 Å². The summed E-state index contributed by atoms with van der Waals surface area (Å²) in [6, 6.07) is 1.31. The normalized spacial score (nSPS) is 22.9. The molecule has 1 aliphatic heterocycles. The molecule has 0 radical (unpaired) electrons. The summed E-state index contributed by atoms with van der Waals surface area (Å²) in [5, 5.41) is 53.7. The molecule has 0 spiro atoms. The number of carbonyl (C=O) groups excluding carboxylic acids is 2. The van der Waals surface area contributed by atoms with E-state index in [2.05, 4.69) is 19.1 Å². The number of carbonyl (C=O) groups is 2. The zero-order valence-electron chi connectivity index (χ0n) is 28.9. The summed E-state index contributed by atoms with van der Waals surface area (Å²) in [6.07, 6.45) is 9.99. The number of benzene rings is 2. The molecule has 0 bridgehead atoms. The Morgan fingerprint density at radius 1 is 0.851 bits per heavy atom. The third kappa shape index (κ3) is 7.18. The number of aliphatic hydroxyl groups excluding tert-OH is 1. The Balaban J connectivity index is 1.37. The highest BCUT2D eigenvalue weighted by molar-refractivity contribution is 6.36. The van der Waals surface area contributed by atoms with Crippen LogP contribution in [0, 0.1) is 13.8 Å². The fraction of sp³-hybridized carbons (Fsp3) is 0.526. The van der Waals surface area contributed by atoms with E-state index in [0.29, 0.717) is 12.0 Å². The largest absolute Gasteiger partial charge is 0.507 e. The summed E-state index contributed by atoms with van der Waals surface area (Å²) in [5.41, 5.74) is 0.0612. The molecule has 9 nitrogen and oxygen atoms in total. The molecule has 1 fully saturated rings. The molecule has 4 rings (SSSR count). The smallest absolute Gasteiger partial charge is 0.207 e. The Morgan fingerprint density at radius 2 is 1.45 bits per heavy atom. The van der Waals surface area contributed by atoms with Crippen LogP contribution in [0.15, 0.2) is 41.0 Å². The quantitative estimate of drug-likeness (QED) is 0.119. The summed E-state index contributed by atoms with van der Waals surface area (Å²) in [5.74, 6) is -3.78. The third-order valence-electron chi connectivity index (χ3n) is 9.53. The van der Waals surface area contributed by atoms with Crippen molar-refractivity contribution in [3.63, 3.8) is 0 Å². The van der Waals surface area contributed by atoms with Crippen molar-refractivity contribution in [3.8, 4) is 17.2 Å². The molecule has 5 N–H and O–H groups in total. The number of hydrogen-bond donors (Lipinski definition) is 5. The number of ketones is 2. The molecule has 1 saturated heterocycles. The van der Waals surface area contributed by atoms with Crippen molar-refractivity contribution in [1.82, 2.24) is 0 Å². The molecule has 1 heterocycles. The van der Waals surface area contributed by atoms with Gasteiger partial charge in [0, 0.05) is 22.8 Å². The first-order valence-electron chi connectivity index (χ1n) is 16.3. The summed E-state index contributed by atoms with van der Waals surface area (Å²) in [7, 11) is 0. The predicted octanol–water partition coefficient (Wildman–Crippen LogP) is 7.16. The molecule has 0 aromatic heterocycles. The van der Waals surface area contributed by atoms with E-state index >= 15 is 0 Å². The van der Waals surface area contributed by atoms with Crippen LogP contribution in [-0.2, 0) is 9.47 Å². The summed E-state index contributed by atoms with van der Waals surface area (Å²) in [6.45, 7) is 14.9. The summed E-state index contributed by atoms with van der Waals surface area (Å²) < 4.78 is 12.1. The number of phenols is 3. The lowest BCUT2D eigenvalue weighted by molar-refractivity contribution is -0.157. The van der Waals surface area contributed by atoms with Gasteiger partial charge >= 0.3 is 0 Å². The SMILES string of the molecule is C/C(=C\CC/C(C)=C/CC1(O)C(=O)c2c(O)cc(C)c3c(O)c(C)c(O)c(c23)C1=O)CC/C=C(\CO)CCC1OC(C)(C)OC1(C)C. The minimum Gasteiger partial charge on any atom is -0.507 e. The maximum atomic E-state index is 13.6. The number of rotatable bonds is 12. The van der Waals surface area contributed by atoms with Crippen molar-refractivity contribution in [1.29, 1.82) is 0 Å². The molecule has 256 valence electrons. The van der Waals surface area contributed by atoms with Crippen LogP contribution in [0.1, 0.15) is 118 Å². The zero-order valence-corrected chi connectivity index (χ0v) is 28.9. The van der Waals surface area contributed by atoms with Crippen molar-refractivity contribution in [2.75, 3.05) is 6.61 Å². The van der Waals surface area contributed by atoms with Crippen molar-refractivity contribution >= 4 is 22.3 Å². The maximum Gasteiger partial charge on any atom is 0.207 e. The molecule has 2 atom stereocenters. The second-order valence-electron chi connectivity index (χ2n) is 14.2. The van der Waals surface area contributed by atoms with Gasteiger partial charge in [0.2, 0.25) is 11.6 Å². The number of aromatic hydroxyl groups is 3. The number of allylic oxidation sites excluding steroid dienone is 4. The Hall–Kier alpha value is -3.50. The van der Waals surface area contributed by atoms with E-state index in [9.17, 15) is 35.1 Å². The third-order valence-corrected chi connectivity index (χ3v) is 9.53. The fourth-order valence-electron chi connectivity index (χ4n) is 6.87. The van der Waals surface area contributed by atoms with Crippen LogP contribution in [-0.4, -0.2) is 66.8 Å². The lowest BCUT2D eigenvalue weighted by atomic mass is 9.73. The Morgan fingerprint density at radius 3 is 2.04 bits per heavy atom. The van der Waals surface area contributed by atoms with Crippen LogP contribution in [0.2, 0.25) is 0 Å². The fourth-order valence-corrected chi connectivity index (χ4v) is 6.87. The molecular weight excluding hydrogens is 600 g/mol. The van der Waals surface area contributed by atoms with Crippen LogP contribution in [0.4, 0.5) is 0 Å². The monoisotopic (exact) mass is 650 g/mol. The van der Waals surface area contributed by atoms with Gasteiger partial charge in [-0.2, -0.15) is 0 Å². The summed E-state index contributed by atoms with van der Waals surface area (Å²) in [4.78, 5) is 27.2. The van der Waals surface area contributed by atoms with Gasteiger partial charge in [-0.25, -0.2) is 0 Å². The first-order chi connectivity index (χ1) is 21.8. The number of phenolic OH excluding ortho intramolecular Hbond substituents is 3. The molecule has 0 saturated carbocycles. The lowest BCUT2D eigenvalue weighted by Gasteiger charge is -2.32. The predicted molar refractivity (Wildman–Crippen MR) is 181 cm³/mol. The second-order valence-corrected chi connectivity index (χ2v) is 14.2. The van der Waals surface area contributed by atoms with E-state index in [0.717, 1.165) is 43.3 Å². The highest BCUT2D eigenvalue weighted by atomic mass is 16.8. The number of aryl methyl sites for hydroxylation is 1. The molecule has 2 aromatic carbocycles. The van der Waals surface area contributed by atoms with Gasteiger partial charge in [-0.15, -0.1) is 0 Å². The number of Topliss-reactive ketones (excluding diaryl/α,β-unsaturated/α-hetero) is 2. The lowest BCUT2D eigenvalue weighted by Crippen LogP contribution is -2.49. The van der Waals surface area contributed by atoms with Gasteiger partial charge in [-0.1, -0.05) is 29.4 Å². The topological polar surface area (TPSA) is 154 Å². The van der Waals surface area contributed by atoms with Crippen molar-refractivity contribution in [2.45, 2.75) is 123 Å². The van der Waals surface area contributed by atoms with Crippen molar-refractivity contribution in [2.24, 2.45) is 0 Å². The van der Waals surface area contributed by atoms with Gasteiger partial charge < -0.3 is 35.0 Å². The molecule has 2 unspecified atom stereocenters. The second kappa shape index (κ2) is 13.5. The van der Waals surface area contributed by atoms with Gasteiger partial charge in [-0.3, -0.25) is 9.59 Å². The average Bonchev–Trinajstić information content (AvgIpc) is 3.20. The highest BCUT2D eigenvalue weighted by Crippen LogP contribution is 2.49. The molecule has 47 heavy (non-hydrogen) atoms. The maximum absolute atomic E-state index is 13.6. The molecular formula is C38H50O9. The number of ether oxygens (including phenoxy) is 2. The van der Waals surface area contributed by atoms with Crippen molar-refractivity contribution in [3.05, 3.63) is 63.3 Å². The van der Waals surface area contributed by atoms with Crippen LogP contribution < -0.4 is 0 Å². The zero-order chi connectivity index (χ0) is 35.1. The van der Waals surface area contributed by atoms with Gasteiger partial charge in [0.15, 0.2) is 11.4 Å². The van der Waals surface area contributed by atoms with Crippen LogP contribution in [0.3, 0.4) is 0 Å². The van der Waals surface area contributed by atoms with Gasteiger partial charge in [0.25, 0.3) is 0 Å². The highest BCUT2D eigenvalue weighted by Gasteiger charge is 2.51. The standard InChI is InChI=1S/C38H50O9/c1-21(13-10-14-25(20-39)15-16-27-36(5,6)47-37(7,8)46-27)11-9-12-22(2)17-18-38(45)34(43)29-26(40)19-23(3)28-30(29)31(35(38)44)33(42)24(4)32(28)41/h11,14,17,19,27,39-42,45H,9-10,12-13,15-16,18,20H2,1-8H3/b21-11+,22-17+,25-14-. The molecule has 9 heteroatoms. The molecule has 2 aliphatic rings. The minimum atomic E-state index is -2.51. The number of aliphatic hydroxyl groups is 2. The van der Waals surface area contributed by atoms with Crippen LogP contribution >= 0.6 is 0 Å². The first-order valence-corrected chi connectivity index (χ1v) is 16.3. The van der Waals surface area contributed by atoms with Crippen LogP contribution in [0.5, 0.6) is 17.2 Å².